The first kappa shape index (κ1) is 22.8. The van der Waals surface area contributed by atoms with Crippen molar-refractivity contribution in [2.24, 2.45) is 0 Å². The van der Waals surface area contributed by atoms with Crippen molar-refractivity contribution in [3.05, 3.63) is 133 Å². The van der Waals surface area contributed by atoms with Gasteiger partial charge in [-0.05, 0) is 97.1 Å². The number of ether oxygens (including phenoxy) is 1. The topological polar surface area (TPSA) is 62.5 Å². The molecule has 6 nitrogen and oxygen atoms in total. The molecule has 37 heavy (non-hydrogen) atoms. The molecule has 0 spiro atoms. The smallest absolute Gasteiger partial charge is 0.174 e. The van der Waals surface area contributed by atoms with Crippen LogP contribution in [-0.2, 0) is 0 Å². The molecule has 3 heterocycles. The van der Waals surface area contributed by atoms with Crippen LogP contribution < -0.4 is 15.0 Å². The van der Waals surface area contributed by atoms with E-state index in [2.05, 4.69) is 25.8 Å². The SMILES string of the molecule is Oc1ccc(-n2cccc2C2C(c3ccccn3)NC(=S)N2c2ccc(Oc3ccccc3)cc2)cc1. The molecule has 2 N–H and O–H groups in total. The number of pyridine rings is 1. The van der Waals surface area contributed by atoms with E-state index in [1.165, 1.54) is 0 Å². The lowest BCUT2D eigenvalue weighted by molar-refractivity contribution is 0.475. The maximum atomic E-state index is 9.80. The lowest BCUT2D eigenvalue weighted by Gasteiger charge is -2.29. The Balaban J connectivity index is 1.40. The van der Waals surface area contributed by atoms with E-state index in [9.17, 15) is 5.11 Å². The molecule has 7 heteroatoms. The Morgan fingerprint density at radius 2 is 1.46 bits per heavy atom. The van der Waals surface area contributed by atoms with Crippen LogP contribution in [0.15, 0.2) is 122 Å². The van der Waals surface area contributed by atoms with Crippen molar-refractivity contribution in [3.8, 4) is 22.9 Å². The third-order valence-electron chi connectivity index (χ3n) is 6.40. The summed E-state index contributed by atoms with van der Waals surface area (Å²) in [6.07, 6.45) is 3.82. The van der Waals surface area contributed by atoms with Crippen LogP contribution >= 0.6 is 12.2 Å². The number of thiocarbonyl (C=S) groups is 1. The van der Waals surface area contributed by atoms with Crippen molar-refractivity contribution >= 4 is 23.0 Å². The molecule has 1 fully saturated rings. The van der Waals surface area contributed by atoms with Crippen LogP contribution in [0.3, 0.4) is 0 Å². The van der Waals surface area contributed by atoms with Gasteiger partial charge in [0.15, 0.2) is 5.11 Å². The number of anilines is 1. The zero-order valence-electron chi connectivity index (χ0n) is 19.8. The highest BCUT2D eigenvalue weighted by Crippen LogP contribution is 2.42. The molecule has 0 radical (unpaired) electrons. The van der Waals surface area contributed by atoms with Gasteiger partial charge in [-0.2, -0.15) is 0 Å². The van der Waals surface area contributed by atoms with Gasteiger partial charge in [-0.15, -0.1) is 0 Å². The number of aromatic hydroxyl groups is 1. The van der Waals surface area contributed by atoms with E-state index < -0.39 is 0 Å². The fraction of sp³-hybridized carbons (Fsp3) is 0.0667. The van der Waals surface area contributed by atoms with Gasteiger partial charge in [0.05, 0.1) is 11.7 Å². The quantitative estimate of drug-likeness (QED) is 0.256. The number of para-hydroxylation sites is 1. The van der Waals surface area contributed by atoms with E-state index in [1.807, 2.05) is 97.2 Å². The average molecular weight is 505 g/mol. The molecule has 3 aromatic carbocycles. The third-order valence-corrected chi connectivity index (χ3v) is 6.72. The minimum atomic E-state index is -0.174. The second-order valence-corrected chi connectivity index (χ2v) is 9.11. The summed E-state index contributed by atoms with van der Waals surface area (Å²) in [7, 11) is 0. The Bertz CT molecular complexity index is 1500. The Morgan fingerprint density at radius 1 is 0.757 bits per heavy atom. The predicted molar refractivity (Wildman–Crippen MR) is 148 cm³/mol. The summed E-state index contributed by atoms with van der Waals surface area (Å²) in [5.74, 6) is 1.76. The number of nitrogens with one attached hydrogen (secondary N) is 1. The Morgan fingerprint density at radius 3 is 2.19 bits per heavy atom. The number of aromatic nitrogens is 2. The van der Waals surface area contributed by atoms with Crippen LogP contribution in [0.1, 0.15) is 23.5 Å². The van der Waals surface area contributed by atoms with E-state index in [0.29, 0.717) is 5.11 Å². The molecule has 2 aromatic heterocycles. The minimum absolute atomic E-state index is 0.167. The van der Waals surface area contributed by atoms with Crippen molar-refractivity contribution in [2.45, 2.75) is 12.1 Å². The summed E-state index contributed by atoms with van der Waals surface area (Å²) in [6, 6.07) is 34.5. The number of phenols is 1. The fourth-order valence-corrected chi connectivity index (χ4v) is 5.06. The Labute approximate surface area is 220 Å². The highest BCUT2D eigenvalue weighted by atomic mass is 32.1. The molecule has 1 aliphatic rings. The second kappa shape index (κ2) is 9.79. The Hall–Kier alpha value is -4.62. The number of phenolic OH excluding ortho intramolecular Hbond substituents is 1. The molecule has 6 rings (SSSR count). The summed E-state index contributed by atoms with van der Waals surface area (Å²) in [6.45, 7) is 0. The molecular weight excluding hydrogens is 480 g/mol. The van der Waals surface area contributed by atoms with Crippen LogP contribution in [0.4, 0.5) is 5.69 Å². The van der Waals surface area contributed by atoms with E-state index in [-0.39, 0.29) is 17.8 Å². The zero-order chi connectivity index (χ0) is 25.2. The summed E-state index contributed by atoms with van der Waals surface area (Å²) >= 11 is 5.88. The highest BCUT2D eigenvalue weighted by Gasteiger charge is 2.42. The molecule has 1 aliphatic heterocycles. The maximum absolute atomic E-state index is 9.80. The van der Waals surface area contributed by atoms with E-state index in [4.69, 9.17) is 17.0 Å². The lowest BCUT2D eigenvalue weighted by atomic mass is 10.0. The number of benzene rings is 3. The van der Waals surface area contributed by atoms with Crippen molar-refractivity contribution in [2.75, 3.05) is 4.90 Å². The van der Waals surface area contributed by atoms with Gasteiger partial charge in [0.2, 0.25) is 0 Å². The lowest BCUT2D eigenvalue weighted by Crippen LogP contribution is -2.30. The van der Waals surface area contributed by atoms with E-state index >= 15 is 0 Å². The Kier molecular flexibility index (Phi) is 6.04. The minimum Gasteiger partial charge on any atom is -0.508 e. The molecular formula is C30H24N4O2S. The zero-order valence-corrected chi connectivity index (χ0v) is 20.6. The molecule has 1 saturated heterocycles. The maximum Gasteiger partial charge on any atom is 0.174 e. The van der Waals surface area contributed by atoms with E-state index in [0.717, 1.165) is 34.3 Å². The van der Waals surface area contributed by atoms with Crippen LogP contribution in [0.25, 0.3) is 5.69 Å². The highest BCUT2D eigenvalue weighted by molar-refractivity contribution is 7.80. The largest absolute Gasteiger partial charge is 0.508 e. The van der Waals surface area contributed by atoms with Crippen LogP contribution in [0, 0.1) is 0 Å². The van der Waals surface area contributed by atoms with Gasteiger partial charge >= 0.3 is 0 Å². The molecule has 0 amide bonds. The van der Waals surface area contributed by atoms with Crippen molar-refractivity contribution in [1.82, 2.24) is 14.9 Å². The van der Waals surface area contributed by atoms with E-state index in [1.54, 1.807) is 18.3 Å². The van der Waals surface area contributed by atoms with Crippen molar-refractivity contribution < 1.29 is 9.84 Å². The fourth-order valence-electron chi connectivity index (χ4n) is 4.72. The standard InChI is InChI=1S/C30H24N4O2S/c35-23-15-11-21(12-16-23)33-20-6-10-27(33)29-28(26-9-4-5-19-31-26)32-30(37)34(29)22-13-17-25(18-14-22)36-24-7-2-1-3-8-24/h1-20,28-29,35H,(H,32,37). The van der Waals surface area contributed by atoms with Gasteiger partial charge in [-0.1, -0.05) is 24.3 Å². The molecule has 5 aromatic rings. The predicted octanol–water partition coefficient (Wildman–Crippen LogP) is 6.55. The summed E-state index contributed by atoms with van der Waals surface area (Å²) in [4.78, 5) is 6.78. The van der Waals surface area contributed by atoms with Gasteiger partial charge in [-0.25, -0.2) is 0 Å². The first-order valence-electron chi connectivity index (χ1n) is 12.0. The summed E-state index contributed by atoms with van der Waals surface area (Å²) in [5, 5.41) is 13.9. The molecule has 2 atom stereocenters. The number of hydrogen-bond donors (Lipinski definition) is 2. The molecule has 2 unspecified atom stereocenters. The van der Waals surface area contributed by atoms with Crippen LogP contribution in [0.5, 0.6) is 17.2 Å². The monoisotopic (exact) mass is 504 g/mol. The van der Waals surface area contributed by atoms with Crippen molar-refractivity contribution in [3.63, 3.8) is 0 Å². The summed E-state index contributed by atoms with van der Waals surface area (Å²) in [5.41, 5.74) is 3.83. The molecule has 0 saturated carbocycles. The second-order valence-electron chi connectivity index (χ2n) is 8.73. The van der Waals surface area contributed by atoms with Crippen molar-refractivity contribution in [1.29, 1.82) is 0 Å². The van der Waals surface area contributed by atoms with Crippen LogP contribution in [-0.4, -0.2) is 19.8 Å². The normalized spacial score (nSPS) is 17.0. The van der Waals surface area contributed by atoms with Gasteiger partial charge in [0.1, 0.15) is 23.3 Å². The molecule has 182 valence electrons. The molecule has 0 aliphatic carbocycles. The van der Waals surface area contributed by atoms with Gasteiger partial charge in [-0.3, -0.25) is 4.98 Å². The summed E-state index contributed by atoms with van der Waals surface area (Å²) < 4.78 is 8.12. The molecule has 0 bridgehead atoms. The number of rotatable bonds is 6. The van der Waals surface area contributed by atoms with Crippen LogP contribution in [0.2, 0.25) is 0 Å². The average Bonchev–Trinajstić information content (AvgIpc) is 3.55. The first-order chi connectivity index (χ1) is 18.2. The van der Waals surface area contributed by atoms with Gasteiger partial charge in [0, 0.05) is 29.5 Å². The number of nitrogens with zero attached hydrogens (tertiary/aromatic N) is 3. The first-order valence-corrected chi connectivity index (χ1v) is 12.4. The third kappa shape index (κ3) is 4.52. The number of hydrogen-bond acceptors (Lipinski definition) is 4. The van der Waals surface area contributed by atoms with Gasteiger partial charge < -0.3 is 24.6 Å². The van der Waals surface area contributed by atoms with Gasteiger partial charge in [0.25, 0.3) is 0 Å².